The van der Waals surface area contributed by atoms with Crippen LogP contribution in [0.5, 0.6) is 0 Å². The summed E-state index contributed by atoms with van der Waals surface area (Å²) >= 11 is 0.872. The third-order valence-corrected chi connectivity index (χ3v) is 6.18. The summed E-state index contributed by atoms with van der Waals surface area (Å²) in [5.41, 5.74) is 10.9. The summed E-state index contributed by atoms with van der Waals surface area (Å²) in [5, 5.41) is 3.04. The Morgan fingerprint density at radius 2 is 1.87 bits per heavy atom. The van der Waals surface area contributed by atoms with Crippen LogP contribution in [0.3, 0.4) is 0 Å². The highest BCUT2D eigenvalue weighted by Gasteiger charge is 2.38. The van der Waals surface area contributed by atoms with E-state index in [2.05, 4.69) is 16.6 Å². The fraction of sp³-hybridized carbons (Fsp3) is 0.714. The first-order chi connectivity index (χ1) is 14.1. The second-order valence-electron chi connectivity index (χ2n) is 9.04. The van der Waals surface area contributed by atoms with Gasteiger partial charge in [-0.05, 0) is 51.6 Å². The topological polar surface area (TPSA) is 131 Å². The number of nitrogens with one attached hydrogen (secondary N) is 1. The van der Waals surface area contributed by atoms with Crippen molar-refractivity contribution < 1.29 is 14.4 Å². The number of rotatable bonds is 8. The monoisotopic (exact) mass is 437 g/mol. The van der Waals surface area contributed by atoms with E-state index >= 15 is 0 Å². The van der Waals surface area contributed by atoms with E-state index in [4.69, 9.17) is 11.5 Å². The van der Waals surface area contributed by atoms with Crippen molar-refractivity contribution in [3.63, 3.8) is 0 Å². The molecule has 3 amide bonds. The Balaban J connectivity index is 2.46. The van der Waals surface area contributed by atoms with Crippen LogP contribution in [-0.4, -0.2) is 44.6 Å². The molecule has 168 valence electrons. The van der Waals surface area contributed by atoms with Crippen LogP contribution >= 0.6 is 11.5 Å². The first-order valence-electron chi connectivity index (χ1n) is 10.8. The molecule has 30 heavy (non-hydrogen) atoms. The Bertz CT molecular complexity index is 765. The molecule has 1 fully saturated rings. The maximum Gasteiger partial charge on any atom is 0.270 e. The minimum Gasteiger partial charge on any atom is -0.395 e. The summed E-state index contributed by atoms with van der Waals surface area (Å²) in [7, 11) is 0. The minimum absolute atomic E-state index is 0.00350. The van der Waals surface area contributed by atoms with Gasteiger partial charge in [-0.25, -0.2) is 0 Å². The van der Waals surface area contributed by atoms with E-state index in [1.807, 2.05) is 20.8 Å². The lowest BCUT2D eigenvalue weighted by Gasteiger charge is -2.40. The van der Waals surface area contributed by atoms with Gasteiger partial charge in [-0.3, -0.25) is 14.4 Å². The number of carbonyl (C=O) groups excluding carboxylic acids is 3. The zero-order chi connectivity index (χ0) is 22.5. The van der Waals surface area contributed by atoms with Gasteiger partial charge in [-0.2, -0.15) is 4.37 Å². The number of carbonyl (C=O) groups is 3. The summed E-state index contributed by atoms with van der Waals surface area (Å²) in [6.45, 7) is 7.84. The highest BCUT2D eigenvalue weighted by Crippen LogP contribution is 2.31. The molecule has 5 N–H and O–H groups in total. The summed E-state index contributed by atoms with van der Waals surface area (Å²) < 4.78 is 3.98. The largest absolute Gasteiger partial charge is 0.395 e. The molecule has 1 aliphatic rings. The number of nitrogen functional groups attached to an aromatic ring is 1. The van der Waals surface area contributed by atoms with Gasteiger partial charge >= 0.3 is 0 Å². The number of nitrogens with two attached hydrogens (primary N) is 2. The van der Waals surface area contributed by atoms with Gasteiger partial charge in [0.05, 0.1) is 5.69 Å². The van der Waals surface area contributed by atoms with Gasteiger partial charge in [-0.1, -0.05) is 39.0 Å². The van der Waals surface area contributed by atoms with Crippen molar-refractivity contribution >= 4 is 34.9 Å². The van der Waals surface area contributed by atoms with Gasteiger partial charge < -0.3 is 21.7 Å². The number of nitrogens with zero attached hydrogens (tertiary/aromatic N) is 2. The smallest absolute Gasteiger partial charge is 0.270 e. The first kappa shape index (κ1) is 24.1. The molecule has 0 saturated heterocycles. The summed E-state index contributed by atoms with van der Waals surface area (Å²) in [6.07, 6.45) is 7.16. The summed E-state index contributed by atoms with van der Waals surface area (Å²) in [5.74, 6) is -1.26. The lowest BCUT2D eigenvalue weighted by molar-refractivity contribution is -0.128. The van der Waals surface area contributed by atoms with Crippen molar-refractivity contribution in [3.8, 4) is 0 Å². The highest BCUT2D eigenvalue weighted by atomic mass is 32.1. The van der Waals surface area contributed by atoms with Gasteiger partial charge in [0.25, 0.3) is 11.8 Å². The second kappa shape index (κ2) is 10.2. The van der Waals surface area contributed by atoms with Gasteiger partial charge in [0.2, 0.25) is 5.91 Å². The SMILES string of the molecule is CCCCC(C(=O)NC(C)(C)C)N(C(=O)c1snc(C(N)=O)c1N)C1CCCCC1. The Labute approximate surface area is 182 Å². The standard InChI is InChI=1S/C21H35N5O3S/c1-5-6-12-14(19(28)24-21(2,3)4)26(13-10-8-7-9-11-13)20(29)17-15(22)16(18(23)27)25-30-17/h13-14H,5-12,22H2,1-4H3,(H2,23,27)(H,24,28). The highest BCUT2D eigenvalue weighted by molar-refractivity contribution is 7.09. The molecule has 1 unspecified atom stereocenters. The van der Waals surface area contributed by atoms with Gasteiger partial charge in [0.15, 0.2) is 5.69 Å². The fourth-order valence-electron chi connectivity index (χ4n) is 3.91. The normalized spacial score (nSPS) is 16.1. The van der Waals surface area contributed by atoms with Crippen LogP contribution in [0.2, 0.25) is 0 Å². The van der Waals surface area contributed by atoms with Crippen LogP contribution in [0.25, 0.3) is 0 Å². The molecule has 0 radical (unpaired) electrons. The predicted octanol–water partition coefficient (Wildman–Crippen LogP) is 3.07. The number of aromatic nitrogens is 1. The Morgan fingerprint density at radius 3 is 2.37 bits per heavy atom. The third kappa shape index (κ3) is 5.93. The number of unbranched alkanes of at least 4 members (excludes halogenated alkanes) is 1. The average molecular weight is 438 g/mol. The molecule has 1 aromatic heterocycles. The van der Waals surface area contributed by atoms with Crippen molar-refractivity contribution in [1.29, 1.82) is 0 Å². The number of hydrogen-bond donors (Lipinski definition) is 3. The third-order valence-electron chi connectivity index (χ3n) is 5.33. The molecule has 8 nitrogen and oxygen atoms in total. The van der Waals surface area contributed by atoms with Gasteiger partial charge in [0.1, 0.15) is 10.9 Å². The molecule has 1 atom stereocenters. The Kier molecular flexibility index (Phi) is 8.23. The van der Waals surface area contributed by atoms with Crippen molar-refractivity contribution in [2.24, 2.45) is 5.73 Å². The van der Waals surface area contributed by atoms with E-state index in [-0.39, 0.29) is 34.1 Å². The van der Waals surface area contributed by atoms with Crippen molar-refractivity contribution in [3.05, 3.63) is 10.6 Å². The predicted molar refractivity (Wildman–Crippen MR) is 119 cm³/mol. The molecular weight excluding hydrogens is 402 g/mol. The number of hydrogen-bond acceptors (Lipinski definition) is 6. The molecule has 1 aromatic rings. The van der Waals surface area contributed by atoms with Crippen molar-refractivity contribution in [1.82, 2.24) is 14.6 Å². The van der Waals surface area contributed by atoms with Crippen LogP contribution in [0, 0.1) is 0 Å². The number of primary amides is 1. The molecule has 9 heteroatoms. The maximum absolute atomic E-state index is 13.7. The maximum atomic E-state index is 13.7. The van der Waals surface area contributed by atoms with Crippen molar-refractivity contribution in [2.75, 3.05) is 5.73 Å². The molecule has 2 rings (SSSR count). The summed E-state index contributed by atoms with van der Waals surface area (Å²) in [6, 6.07) is -0.643. The lowest BCUT2D eigenvalue weighted by Crippen LogP contribution is -2.57. The van der Waals surface area contributed by atoms with E-state index in [1.165, 1.54) is 0 Å². The van der Waals surface area contributed by atoms with E-state index in [1.54, 1.807) is 4.90 Å². The number of anilines is 1. The van der Waals surface area contributed by atoms with Crippen LogP contribution in [0.15, 0.2) is 0 Å². The van der Waals surface area contributed by atoms with Crippen LogP contribution in [-0.2, 0) is 4.79 Å². The van der Waals surface area contributed by atoms with E-state index in [9.17, 15) is 14.4 Å². The Hall–Kier alpha value is -2.16. The first-order valence-corrected chi connectivity index (χ1v) is 11.5. The second-order valence-corrected chi connectivity index (χ2v) is 9.81. The Morgan fingerprint density at radius 1 is 1.23 bits per heavy atom. The van der Waals surface area contributed by atoms with Crippen LogP contribution in [0.4, 0.5) is 5.69 Å². The lowest BCUT2D eigenvalue weighted by atomic mass is 9.91. The molecular formula is C21H35N5O3S. The molecule has 0 bridgehead atoms. The van der Waals surface area contributed by atoms with Crippen LogP contribution < -0.4 is 16.8 Å². The molecule has 1 heterocycles. The number of amides is 3. The van der Waals surface area contributed by atoms with Crippen LogP contribution in [0.1, 0.15) is 99.2 Å². The van der Waals surface area contributed by atoms with Crippen molar-refractivity contribution in [2.45, 2.75) is 96.7 Å². The zero-order valence-corrected chi connectivity index (χ0v) is 19.3. The van der Waals surface area contributed by atoms with E-state index in [0.29, 0.717) is 6.42 Å². The van der Waals surface area contributed by atoms with Gasteiger partial charge in [0, 0.05) is 11.6 Å². The molecule has 0 spiro atoms. The van der Waals surface area contributed by atoms with E-state index in [0.717, 1.165) is 56.5 Å². The van der Waals surface area contributed by atoms with E-state index < -0.39 is 17.5 Å². The van der Waals surface area contributed by atoms with Gasteiger partial charge in [-0.15, -0.1) is 0 Å². The molecule has 1 aliphatic carbocycles. The minimum atomic E-state index is -0.764. The quantitative estimate of drug-likeness (QED) is 0.575. The molecule has 0 aromatic carbocycles. The molecule has 1 saturated carbocycles. The average Bonchev–Trinajstić information content (AvgIpc) is 3.05. The fourth-order valence-corrected chi connectivity index (χ4v) is 4.66. The molecule has 0 aliphatic heterocycles. The zero-order valence-electron chi connectivity index (χ0n) is 18.5. The summed E-state index contributed by atoms with van der Waals surface area (Å²) in [4.78, 5) is 40.4.